The average molecular weight is 376 g/mol. The van der Waals surface area contributed by atoms with Gasteiger partial charge >= 0.3 is 0 Å². The maximum absolute atomic E-state index is 11.7. The van der Waals surface area contributed by atoms with E-state index in [-0.39, 0.29) is 11.8 Å². The first kappa shape index (κ1) is 18.6. The second-order valence-electron chi connectivity index (χ2n) is 6.26. The lowest BCUT2D eigenvalue weighted by Crippen LogP contribution is -2.45. The summed E-state index contributed by atoms with van der Waals surface area (Å²) in [6, 6.07) is 11.6. The number of aromatic nitrogens is 2. The molecule has 0 aliphatic carbocycles. The van der Waals surface area contributed by atoms with Gasteiger partial charge in [0, 0.05) is 24.7 Å². The normalized spacial score (nSPS) is 15.8. The predicted molar refractivity (Wildman–Crippen MR) is 102 cm³/mol. The number of rotatable bonds is 6. The number of methoxy groups -OCH3 is 1. The molecule has 0 amide bonds. The number of nitrogens with one attached hydrogen (secondary N) is 1. The molecule has 0 saturated carbocycles. The van der Waals surface area contributed by atoms with Gasteiger partial charge in [-0.25, -0.2) is 13.1 Å². The third-order valence-corrected chi connectivity index (χ3v) is 6.03. The van der Waals surface area contributed by atoms with Crippen molar-refractivity contribution in [2.24, 2.45) is 0 Å². The molecule has 7 nitrogen and oxygen atoms in total. The highest BCUT2D eigenvalue weighted by Gasteiger charge is 2.23. The minimum atomic E-state index is -3.15. The number of anilines is 1. The summed E-state index contributed by atoms with van der Waals surface area (Å²) in [6.07, 6.45) is 1.52. The van der Waals surface area contributed by atoms with Crippen LogP contribution >= 0.6 is 0 Å². The van der Waals surface area contributed by atoms with Crippen molar-refractivity contribution in [3.63, 3.8) is 0 Å². The summed E-state index contributed by atoms with van der Waals surface area (Å²) >= 11 is 0. The number of hydrogen-bond donors (Lipinski definition) is 1. The lowest BCUT2D eigenvalue weighted by molar-refractivity contribution is 0.416. The standard InChI is InChI=1S/C18H24N4O3S/c1-3-26(23,24)21-14-10-12-22(13-11-14)18-9-8-16(19-20-18)15-6-4-5-7-17(15)25-2/h4-9,14,21H,3,10-13H2,1-2H3. The molecule has 1 N–H and O–H groups in total. The van der Waals surface area contributed by atoms with Gasteiger partial charge in [-0.15, -0.1) is 10.2 Å². The third-order valence-electron chi connectivity index (χ3n) is 4.58. The highest BCUT2D eigenvalue weighted by atomic mass is 32.2. The fourth-order valence-corrected chi connectivity index (χ4v) is 3.97. The molecule has 26 heavy (non-hydrogen) atoms. The first-order valence-corrected chi connectivity index (χ1v) is 10.4. The van der Waals surface area contributed by atoms with Gasteiger partial charge < -0.3 is 9.64 Å². The molecule has 1 aromatic carbocycles. The Morgan fingerprint density at radius 1 is 1.15 bits per heavy atom. The van der Waals surface area contributed by atoms with E-state index in [1.165, 1.54) is 0 Å². The fourth-order valence-electron chi connectivity index (χ4n) is 3.06. The highest BCUT2D eigenvalue weighted by Crippen LogP contribution is 2.28. The van der Waals surface area contributed by atoms with E-state index in [1.54, 1.807) is 14.0 Å². The Bertz CT molecular complexity index is 832. The number of piperidine rings is 1. The van der Waals surface area contributed by atoms with Crippen LogP contribution in [0.25, 0.3) is 11.3 Å². The summed E-state index contributed by atoms with van der Waals surface area (Å²) in [7, 11) is -1.52. The van der Waals surface area contributed by atoms with E-state index >= 15 is 0 Å². The number of benzene rings is 1. The lowest BCUT2D eigenvalue weighted by Gasteiger charge is -2.32. The van der Waals surface area contributed by atoms with Gasteiger partial charge in [-0.05, 0) is 44.0 Å². The van der Waals surface area contributed by atoms with Crippen molar-refractivity contribution in [2.75, 3.05) is 30.9 Å². The molecule has 3 rings (SSSR count). The van der Waals surface area contributed by atoms with Crippen molar-refractivity contribution in [1.82, 2.24) is 14.9 Å². The number of para-hydroxylation sites is 1. The Hall–Kier alpha value is -2.19. The molecular weight excluding hydrogens is 352 g/mol. The van der Waals surface area contributed by atoms with Gasteiger partial charge in [0.2, 0.25) is 10.0 Å². The van der Waals surface area contributed by atoms with Gasteiger partial charge in [-0.1, -0.05) is 12.1 Å². The van der Waals surface area contributed by atoms with E-state index in [0.717, 1.165) is 48.8 Å². The Labute approximate surface area is 154 Å². The monoisotopic (exact) mass is 376 g/mol. The number of sulfonamides is 1. The SMILES string of the molecule is CCS(=O)(=O)NC1CCN(c2ccc(-c3ccccc3OC)nn2)CC1. The Balaban J connectivity index is 1.65. The molecule has 0 unspecified atom stereocenters. The minimum absolute atomic E-state index is 0.00277. The van der Waals surface area contributed by atoms with Crippen LogP contribution in [0.1, 0.15) is 19.8 Å². The maximum atomic E-state index is 11.7. The Morgan fingerprint density at radius 3 is 2.50 bits per heavy atom. The van der Waals surface area contributed by atoms with Crippen molar-refractivity contribution >= 4 is 15.8 Å². The second-order valence-corrected chi connectivity index (χ2v) is 8.30. The summed E-state index contributed by atoms with van der Waals surface area (Å²) in [4.78, 5) is 2.13. The van der Waals surface area contributed by atoms with Crippen molar-refractivity contribution in [3.05, 3.63) is 36.4 Å². The van der Waals surface area contributed by atoms with Crippen LogP contribution in [0.2, 0.25) is 0 Å². The molecule has 1 saturated heterocycles. The molecule has 0 bridgehead atoms. The molecule has 8 heteroatoms. The molecular formula is C18H24N4O3S. The first-order valence-electron chi connectivity index (χ1n) is 8.74. The van der Waals surface area contributed by atoms with Gasteiger partial charge in [0.05, 0.1) is 18.6 Å². The molecule has 0 radical (unpaired) electrons. The van der Waals surface area contributed by atoms with Crippen LogP contribution in [0.4, 0.5) is 5.82 Å². The number of hydrogen-bond acceptors (Lipinski definition) is 6. The maximum Gasteiger partial charge on any atom is 0.211 e. The molecule has 140 valence electrons. The predicted octanol–water partition coefficient (Wildman–Crippen LogP) is 2.06. The lowest BCUT2D eigenvalue weighted by atomic mass is 10.1. The fraction of sp³-hybridized carbons (Fsp3) is 0.444. The zero-order valence-corrected chi connectivity index (χ0v) is 15.9. The van der Waals surface area contributed by atoms with Crippen LogP contribution < -0.4 is 14.4 Å². The summed E-state index contributed by atoms with van der Waals surface area (Å²) in [5.41, 5.74) is 1.67. The molecule has 1 aromatic heterocycles. The van der Waals surface area contributed by atoms with E-state index < -0.39 is 10.0 Å². The van der Waals surface area contributed by atoms with Crippen molar-refractivity contribution in [3.8, 4) is 17.0 Å². The zero-order valence-electron chi connectivity index (χ0n) is 15.1. The van der Waals surface area contributed by atoms with Gasteiger partial charge in [-0.3, -0.25) is 0 Å². The van der Waals surface area contributed by atoms with E-state index in [9.17, 15) is 8.42 Å². The second kappa shape index (κ2) is 8.01. The van der Waals surface area contributed by atoms with Crippen LogP contribution in [0.15, 0.2) is 36.4 Å². The van der Waals surface area contributed by atoms with Crippen LogP contribution in [0, 0.1) is 0 Å². The quantitative estimate of drug-likeness (QED) is 0.831. The summed E-state index contributed by atoms with van der Waals surface area (Å²) in [6.45, 7) is 3.15. The van der Waals surface area contributed by atoms with E-state index in [0.29, 0.717) is 0 Å². The Morgan fingerprint density at radius 2 is 1.88 bits per heavy atom. The molecule has 0 spiro atoms. The molecule has 1 fully saturated rings. The molecule has 1 aliphatic heterocycles. The summed E-state index contributed by atoms with van der Waals surface area (Å²) < 4.78 is 31.5. The molecule has 1 aliphatic rings. The smallest absolute Gasteiger partial charge is 0.211 e. The molecule has 0 atom stereocenters. The van der Waals surface area contributed by atoms with Crippen LogP contribution in [0.3, 0.4) is 0 Å². The summed E-state index contributed by atoms with van der Waals surface area (Å²) in [5.74, 6) is 1.68. The van der Waals surface area contributed by atoms with Gasteiger partial charge in [0.1, 0.15) is 5.75 Å². The van der Waals surface area contributed by atoms with Gasteiger partial charge in [0.15, 0.2) is 5.82 Å². The highest BCUT2D eigenvalue weighted by molar-refractivity contribution is 7.89. The average Bonchev–Trinajstić information content (AvgIpc) is 2.68. The van der Waals surface area contributed by atoms with Crippen LogP contribution in [-0.2, 0) is 10.0 Å². The Kier molecular flexibility index (Phi) is 5.73. The van der Waals surface area contributed by atoms with Crippen molar-refractivity contribution < 1.29 is 13.2 Å². The van der Waals surface area contributed by atoms with E-state index in [1.807, 2.05) is 36.4 Å². The topological polar surface area (TPSA) is 84.4 Å². The largest absolute Gasteiger partial charge is 0.496 e. The third kappa shape index (κ3) is 4.31. The van der Waals surface area contributed by atoms with E-state index in [4.69, 9.17) is 4.74 Å². The van der Waals surface area contributed by atoms with E-state index in [2.05, 4.69) is 19.8 Å². The number of ether oxygens (including phenoxy) is 1. The van der Waals surface area contributed by atoms with Gasteiger partial charge in [-0.2, -0.15) is 0 Å². The molecule has 2 aromatic rings. The van der Waals surface area contributed by atoms with Crippen LogP contribution in [-0.4, -0.2) is 50.6 Å². The van der Waals surface area contributed by atoms with Crippen molar-refractivity contribution in [1.29, 1.82) is 0 Å². The van der Waals surface area contributed by atoms with Crippen LogP contribution in [0.5, 0.6) is 5.75 Å². The zero-order chi connectivity index (χ0) is 18.6. The number of nitrogens with zero attached hydrogens (tertiary/aromatic N) is 3. The van der Waals surface area contributed by atoms with Gasteiger partial charge in [0.25, 0.3) is 0 Å². The summed E-state index contributed by atoms with van der Waals surface area (Å²) in [5, 5.41) is 8.69. The first-order chi connectivity index (χ1) is 12.5. The minimum Gasteiger partial charge on any atom is -0.496 e. The van der Waals surface area contributed by atoms with Crippen molar-refractivity contribution in [2.45, 2.75) is 25.8 Å². The molecule has 2 heterocycles.